The zero-order valence-electron chi connectivity index (χ0n) is 16.1. The Bertz CT molecular complexity index is 1390. The van der Waals surface area contributed by atoms with Crippen molar-refractivity contribution in [2.45, 2.75) is 10.1 Å². The largest absolute Gasteiger partial charge is 0.278 e. The van der Waals surface area contributed by atoms with Crippen molar-refractivity contribution >= 4 is 28.4 Å². The van der Waals surface area contributed by atoms with Crippen molar-refractivity contribution in [1.82, 2.24) is 19.7 Å². The molecular formula is C23H15N5O2S. The lowest BCUT2D eigenvalue weighted by Gasteiger charge is -2.11. The maximum atomic E-state index is 11.4. The average molecular weight is 425 g/mol. The van der Waals surface area contributed by atoms with Crippen LogP contribution >= 0.6 is 11.8 Å². The fraction of sp³-hybridized carbons (Fsp3) is 0. The highest BCUT2D eigenvalue weighted by atomic mass is 32.2. The third-order valence-electron chi connectivity index (χ3n) is 4.79. The number of hydrogen-bond acceptors (Lipinski definition) is 6. The Morgan fingerprint density at radius 1 is 0.839 bits per heavy atom. The van der Waals surface area contributed by atoms with Crippen molar-refractivity contribution in [2.24, 2.45) is 0 Å². The van der Waals surface area contributed by atoms with Gasteiger partial charge in [-0.05, 0) is 42.1 Å². The molecule has 0 saturated carbocycles. The molecule has 5 aromatic rings. The number of fused-ring (bicyclic) bond motifs is 1. The first-order valence-electron chi connectivity index (χ1n) is 9.48. The van der Waals surface area contributed by atoms with Gasteiger partial charge < -0.3 is 0 Å². The first-order valence-corrected chi connectivity index (χ1v) is 10.3. The van der Waals surface area contributed by atoms with Crippen LogP contribution in [0, 0.1) is 10.1 Å². The molecule has 2 heterocycles. The van der Waals surface area contributed by atoms with Gasteiger partial charge in [-0.2, -0.15) is 0 Å². The lowest BCUT2D eigenvalue weighted by molar-refractivity contribution is -0.383. The summed E-state index contributed by atoms with van der Waals surface area (Å²) in [5.74, 6) is 0.716. The van der Waals surface area contributed by atoms with Gasteiger partial charge in [0, 0.05) is 28.4 Å². The number of aromatic nitrogens is 4. The van der Waals surface area contributed by atoms with E-state index in [1.165, 1.54) is 17.8 Å². The van der Waals surface area contributed by atoms with Crippen molar-refractivity contribution in [3.8, 4) is 17.1 Å². The van der Waals surface area contributed by atoms with Gasteiger partial charge in [-0.15, -0.1) is 10.2 Å². The van der Waals surface area contributed by atoms with Crippen LogP contribution in [0.4, 0.5) is 5.69 Å². The number of para-hydroxylation sites is 1. The second kappa shape index (κ2) is 8.00. The van der Waals surface area contributed by atoms with Crippen molar-refractivity contribution in [3.05, 3.63) is 101 Å². The third kappa shape index (κ3) is 3.53. The quantitative estimate of drug-likeness (QED) is 0.271. The van der Waals surface area contributed by atoms with Crippen LogP contribution in [0.2, 0.25) is 0 Å². The molecule has 7 nitrogen and oxygen atoms in total. The zero-order chi connectivity index (χ0) is 21.2. The minimum atomic E-state index is -0.390. The molecule has 0 aliphatic rings. The molecule has 3 aromatic carbocycles. The summed E-state index contributed by atoms with van der Waals surface area (Å²) in [4.78, 5) is 16.2. The molecule has 0 radical (unpaired) electrons. The average Bonchev–Trinajstić information content (AvgIpc) is 3.24. The van der Waals surface area contributed by atoms with Gasteiger partial charge in [-0.3, -0.25) is 19.7 Å². The maximum Gasteiger partial charge on any atom is 0.278 e. The van der Waals surface area contributed by atoms with E-state index in [1.807, 2.05) is 65.2 Å². The molecule has 31 heavy (non-hydrogen) atoms. The van der Waals surface area contributed by atoms with Crippen molar-refractivity contribution in [3.63, 3.8) is 0 Å². The van der Waals surface area contributed by atoms with Gasteiger partial charge in [-0.25, -0.2) is 0 Å². The number of benzene rings is 3. The van der Waals surface area contributed by atoms with Crippen LogP contribution in [0.15, 0.2) is 101 Å². The summed E-state index contributed by atoms with van der Waals surface area (Å²) < 4.78 is 1.98. The van der Waals surface area contributed by atoms with Crippen molar-refractivity contribution in [1.29, 1.82) is 0 Å². The Morgan fingerprint density at radius 3 is 2.32 bits per heavy atom. The molecule has 0 unspecified atom stereocenters. The number of hydrogen-bond donors (Lipinski definition) is 0. The second-order valence-corrected chi connectivity index (χ2v) is 7.69. The zero-order valence-corrected chi connectivity index (χ0v) is 16.9. The van der Waals surface area contributed by atoms with Crippen molar-refractivity contribution in [2.75, 3.05) is 0 Å². The molecule has 0 amide bonds. The first-order chi connectivity index (χ1) is 15.2. The van der Waals surface area contributed by atoms with E-state index in [0.29, 0.717) is 21.9 Å². The molecule has 0 aliphatic carbocycles. The fourth-order valence-electron chi connectivity index (χ4n) is 3.39. The topological polar surface area (TPSA) is 86.7 Å². The van der Waals surface area contributed by atoms with Gasteiger partial charge in [0.2, 0.25) is 5.16 Å². The summed E-state index contributed by atoms with van der Waals surface area (Å²) in [5, 5.41) is 21.5. The number of rotatable bonds is 5. The van der Waals surface area contributed by atoms with E-state index >= 15 is 0 Å². The lowest BCUT2D eigenvalue weighted by Crippen LogP contribution is -1.99. The lowest BCUT2D eigenvalue weighted by atomic mass is 10.2. The number of non-ortho nitro benzene ring substituents is 1. The number of nitro groups is 1. The van der Waals surface area contributed by atoms with E-state index in [1.54, 1.807) is 24.4 Å². The van der Waals surface area contributed by atoms with Gasteiger partial charge in [0.05, 0.1) is 15.8 Å². The van der Waals surface area contributed by atoms with Crippen LogP contribution in [-0.2, 0) is 0 Å². The first kappa shape index (κ1) is 19.0. The Labute approximate surface area is 181 Å². The van der Waals surface area contributed by atoms with Gasteiger partial charge in [-0.1, -0.05) is 48.5 Å². The normalized spacial score (nSPS) is 11.0. The molecule has 0 aliphatic heterocycles. The van der Waals surface area contributed by atoms with Crippen molar-refractivity contribution < 1.29 is 4.92 Å². The summed E-state index contributed by atoms with van der Waals surface area (Å²) in [6.07, 6.45) is 1.63. The molecule has 0 saturated heterocycles. The molecule has 0 fully saturated rings. The minimum Gasteiger partial charge on any atom is -0.270 e. The minimum absolute atomic E-state index is 0.0296. The van der Waals surface area contributed by atoms with Gasteiger partial charge in [0.1, 0.15) is 0 Å². The summed E-state index contributed by atoms with van der Waals surface area (Å²) in [7, 11) is 0. The highest BCUT2D eigenvalue weighted by Gasteiger charge is 2.20. The molecule has 0 N–H and O–H groups in total. The van der Waals surface area contributed by atoms with Crippen LogP contribution in [0.5, 0.6) is 0 Å². The van der Waals surface area contributed by atoms with E-state index < -0.39 is 4.92 Å². The van der Waals surface area contributed by atoms with E-state index in [0.717, 1.165) is 16.1 Å². The molecule has 0 atom stereocenters. The van der Waals surface area contributed by atoms with Gasteiger partial charge in [0.25, 0.3) is 5.69 Å². The third-order valence-corrected chi connectivity index (χ3v) is 5.78. The summed E-state index contributed by atoms with van der Waals surface area (Å²) in [5.41, 5.74) is 2.46. The Balaban J connectivity index is 1.67. The van der Waals surface area contributed by atoms with Crippen LogP contribution in [0.1, 0.15) is 0 Å². The van der Waals surface area contributed by atoms with Crippen LogP contribution < -0.4 is 0 Å². The Kier molecular flexibility index (Phi) is 4.89. The number of nitrogens with zero attached hydrogens (tertiary/aromatic N) is 5. The van der Waals surface area contributed by atoms with E-state index in [2.05, 4.69) is 15.2 Å². The fourth-order valence-corrected chi connectivity index (χ4v) is 4.35. The Morgan fingerprint density at radius 2 is 1.58 bits per heavy atom. The number of pyridine rings is 1. The maximum absolute atomic E-state index is 11.4. The summed E-state index contributed by atoms with van der Waals surface area (Å²) in [6.45, 7) is 0. The van der Waals surface area contributed by atoms with E-state index in [4.69, 9.17) is 0 Å². The molecule has 5 rings (SSSR count). The van der Waals surface area contributed by atoms with Gasteiger partial charge >= 0.3 is 0 Å². The van der Waals surface area contributed by atoms with Crippen LogP contribution in [-0.4, -0.2) is 24.7 Å². The highest BCUT2D eigenvalue weighted by molar-refractivity contribution is 7.99. The van der Waals surface area contributed by atoms with E-state index in [9.17, 15) is 10.1 Å². The molecule has 0 spiro atoms. The molecule has 8 heteroatoms. The predicted molar refractivity (Wildman–Crippen MR) is 119 cm³/mol. The number of nitro benzene ring substituents is 1. The molecule has 2 aromatic heterocycles. The summed E-state index contributed by atoms with van der Waals surface area (Å²) in [6, 6.07) is 26.3. The predicted octanol–water partition coefficient (Wildman–Crippen LogP) is 5.54. The standard InChI is InChI=1S/C23H15N5O2S/c29-28(30)19-13-14-20(21-18(19)12-7-15-24-21)31-23-26-25-22(16-8-3-1-4-9-16)27(23)17-10-5-2-6-11-17/h1-15H. The summed E-state index contributed by atoms with van der Waals surface area (Å²) >= 11 is 1.38. The van der Waals surface area contributed by atoms with E-state index in [-0.39, 0.29) is 5.69 Å². The Hall–Kier alpha value is -4.04. The molecule has 150 valence electrons. The SMILES string of the molecule is O=[N+]([O-])c1ccc(Sc2nnc(-c3ccccc3)n2-c2ccccc2)c2ncccc12. The molecular weight excluding hydrogens is 410 g/mol. The van der Waals surface area contributed by atoms with Crippen LogP contribution in [0.25, 0.3) is 28.0 Å². The highest BCUT2D eigenvalue weighted by Crippen LogP contribution is 2.37. The monoisotopic (exact) mass is 425 g/mol. The molecule has 0 bridgehead atoms. The van der Waals surface area contributed by atoms with Gasteiger partial charge in [0.15, 0.2) is 5.82 Å². The van der Waals surface area contributed by atoms with Crippen LogP contribution in [0.3, 0.4) is 0 Å². The smallest absolute Gasteiger partial charge is 0.270 e. The second-order valence-electron chi connectivity index (χ2n) is 6.68.